The molecule has 2 heterocycles. The van der Waals surface area contributed by atoms with Crippen molar-refractivity contribution in [3.63, 3.8) is 0 Å². The number of benzene rings is 1. The van der Waals surface area contributed by atoms with Gasteiger partial charge in [0.2, 0.25) is 6.79 Å². The van der Waals surface area contributed by atoms with Gasteiger partial charge in [-0.2, -0.15) is 0 Å². The Kier molecular flexibility index (Phi) is 2.83. The lowest BCUT2D eigenvalue weighted by molar-refractivity contribution is -0.138. The zero-order chi connectivity index (χ0) is 12.7. The van der Waals surface area contributed by atoms with Crippen LogP contribution < -0.4 is 14.8 Å². The topological polar surface area (TPSA) is 67.8 Å². The van der Waals surface area contributed by atoms with E-state index in [2.05, 4.69) is 5.32 Å². The van der Waals surface area contributed by atoms with Crippen molar-refractivity contribution >= 4 is 17.7 Å². The fourth-order valence-electron chi connectivity index (χ4n) is 2.14. The van der Waals surface area contributed by atoms with E-state index in [-0.39, 0.29) is 12.2 Å². The number of aryl methyl sites for hydroxylation is 1. The number of nitrogens with one attached hydrogen (secondary N) is 1. The van der Waals surface area contributed by atoms with Crippen LogP contribution in [0.1, 0.15) is 16.5 Å². The summed E-state index contributed by atoms with van der Waals surface area (Å²) in [6.45, 7) is 2.24. The molecule has 0 aliphatic carbocycles. The van der Waals surface area contributed by atoms with E-state index in [9.17, 15) is 4.79 Å². The number of fused-ring (bicyclic) bond motifs is 1. The van der Waals surface area contributed by atoms with Crippen LogP contribution in [-0.2, 0) is 4.79 Å². The van der Waals surface area contributed by atoms with E-state index in [1.165, 1.54) is 0 Å². The third-order valence-corrected chi connectivity index (χ3v) is 4.37. The van der Waals surface area contributed by atoms with Crippen molar-refractivity contribution < 1.29 is 19.4 Å². The van der Waals surface area contributed by atoms with Crippen LogP contribution in [0.2, 0.25) is 0 Å². The van der Waals surface area contributed by atoms with Gasteiger partial charge < -0.3 is 14.6 Å². The van der Waals surface area contributed by atoms with Gasteiger partial charge in [-0.25, -0.2) is 0 Å². The number of carboxylic acids is 1. The van der Waals surface area contributed by atoms with Crippen LogP contribution >= 0.6 is 11.8 Å². The normalized spacial score (nSPS) is 25.4. The fourth-order valence-corrected chi connectivity index (χ4v) is 3.45. The number of hydrogen-bond acceptors (Lipinski definition) is 5. The first kappa shape index (κ1) is 11.7. The number of carboxylic acid groups (broad SMARTS) is 1. The van der Waals surface area contributed by atoms with E-state index < -0.39 is 12.0 Å². The molecule has 3 rings (SSSR count). The Morgan fingerprint density at radius 2 is 2.17 bits per heavy atom. The highest BCUT2D eigenvalue weighted by molar-refractivity contribution is 7.99. The Bertz CT molecular complexity index is 505. The van der Waals surface area contributed by atoms with Gasteiger partial charge in [-0.3, -0.25) is 10.1 Å². The molecule has 2 atom stereocenters. The summed E-state index contributed by atoms with van der Waals surface area (Å²) < 4.78 is 10.7. The molecule has 0 unspecified atom stereocenters. The maximum absolute atomic E-state index is 10.9. The van der Waals surface area contributed by atoms with E-state index in [4.69, 9.17) is 14.6 Å². The molecule has 96 valence electrons. The van der Waals surface area contributed by atoms with Gasteiger partial charge in [0.15, 0.2) is 11.5 Å². The van der Waals surface area contributed by atoms with Crippen molar-refractivity contribution in [2.45, 2.75) is 18.3 Å². The van der Waals surface area contributed by atoms with E-state index >= 15 is 0 Å². The van der Waals surface area contributed by atoms with Gasteiger partial charge in [-0.15, -0.1) is 11.8 Å². The molecule has 2 aliphatic rings. The molecule has 2 aliphatic heterocycles. The lowest BCUT2D eigenvalue weighted by atomic mass is 10.1. The van der Waals surface area contributed by atoms with Crippen molar-refractivity contribution in [2.24, 2.45) is 0 Å². The maximum Gasteiger partial charge on any atom is 0.321 e. The smallest absolute Gasteiger partial charge is 0.321 e. The van der Waals surface area contributed by atoms with Crippen LogP contribution in [0.25, 0.3) is 0 Å². The molecule has 0 spiro atoms. The molecule has 18 heavy (non-hydrogen) atoms. The zero-order valence-electron chi connectivity index (χ0n) is 9.80. The Labute approximate surface area is 108 Å². The molecule has 0 aromatic heterocycles. The molecule has 1 saturated heterocycles. The first-order valence-corrected chi connectivity index (χ1v) is 6.70. The lowest BCUT2D eigenvalue weighted by Gasteiger charge is -2.14. The summed E-state index contributed by atoms with van der Waals surface area (Å²) in [6.07, 6.45) is 0. The molecule has 0 saturated carbocycles. The van der Waals surface area contributed by atoms with Crippen molar-refractivity contribution in [2.75, 3.05) is 12.5 Å². The second-order valence-corrected chi connectivity index (χ2v) is 5.47. The molecule has 6 heteroatoms. The monoisotopic (exact) mass is 267 g/mol. The van der Waals surface area contributed by atoms with Gasteiger partial charge in [-0.1, -0.05) is 0 Å². The molecule has 0 radical (unpaired) electrons. The summed E-state index contributed by atoms with van der Waals surface area (Å²) in [7, 11) is 0. The van der Waals surface area contributed by atoms with Crippen molar-refractivity contribution in [3.8, 4) is 11.5 Å². The van der Waals surface area contributed by atoms with E-state index in [0.717, 1.165) is 22.6 Å². The molecule has 1 aromatic carbocycles. The first-order chi connectivity index (χ1) is 8.65. The van der Waals surface area contributed by atoms with Crippen LogP contribution in [0, 0.1) is 6.92 Å². The molecular weight excluding hydrogens is 254 g/mol. The third kappa shape index (κ3) is 1.91. The van der Waals surface area contributed by atoms with Gasteiger partial charge in [0, 0.05) is 5.75 Å². The number of rotatable bonds is 2. The van der Waals surface area contributed by atoms with Gasteiger partial charge >= 0.3 is 5.97 Å². The summed E-state index contributed by atoms with van der Waals surface area (Å²) in [6, 6.07) is 3.39. The third-order valence-electron chi connectivity index (χ3n) is 3.12. The summed E-state index contributed by atoms with van der Waals surface area (Å²) in [5.74, 6) is 1.27. The number of aliphatic carboxylic acids is 1. The Morgan fingerprint density at radius 1 is 1.44 bits per heavy atom. The van der Waals surface area contributed by atoms with Crippen LogP contribution in [0.15, 0.2) is 12.1 Å². The first-order valence-electron chi connectivity index (χ1n) is 5.66. The van der Waals surface area contributed by atoms with E-state index in [1.807, 2.05) is 19.1 Å². The Hall–Kier alpha value is -1.40. The predicted molar refractivity (Wildman–Crippen MR) is 67.1 cm³/mol. The van der Waals surface area contributed by atoms with Crippen LogP contribution in [-0.4, -0.2) is 29.7 Å². The second-order valence-electron chi connectivity index (χ2n) is 4.33. The molecule has 5 nitrogen and oxygen atoms in total. The maximum atomic E-state index is 10.9. The van der Waals surface area contributed by atoms with Crippen molar-refractivity contribution in [1.82, 2.24) is 5.32 Å². The van der Waals surface area contributed by atoms with Crippen LogP contribution in [0.3, 0.4) is 0 Å². The largest absolute Gasteiger partial charge is 0.480 e. The quantitative estimate of drug-likeness (QED) is 0.846. The van der Waals surface area contributed by atoms with Crippen molar-refractivity contribution in [3.05, 3.63) is 23.3 Å². The molecule has 1 fully saturated rings. The van der Waals surface area contributed by atoms with E-state index in [0.29, 0.717) is 5.75 Å². The molecule has 2 N–H and O–H groups in total. The lowest BCUT2D eigenvalue weighted by Crippen LogP contribution is -2.33. The van der Waals surface area contributed by atoms with Gasteiger partial charge in [0.25, 0.3) is 0 Å². The van der Waals surface area contributed by atoms with Gasteiger partial charge in [-0.05, 0) is 30.2 Å². The minimum atomic E-state index is -0.802. The predicted octanol–water partition coefficient (Wildman–Crippen LogP) is 1.51. The minimum absolute atomic E-state index is 0.000556. The zero-order valence-corrected chi connectivity index (χ0v) is 10.6. The Balaban J connectivity index is 1.87. The highest BCUT2D eigenvalue weighted by Gasteiger charge is 2.32. The second kappa shape index (κ2) is 4.37. The standard InChI is InChI=1S/C12H13NO4S/c1-6-2-9-10(17-5-16-9)3-7(6)11-13-8(4-18-11)12(14)15/h2-3,8,11,13H,4-5H2,1H3,(H,14,15)/t8-,11+/m0/s1. The molecular formula is C12H13NO4S. The highest BCUT2D eigenvalue weighted by atomic mass is 32.2. The van der Waals surface area contributed by atoms with Gasteiger partial charge in [0.1, 0.15) is 6.04 Å². The summed E-state index contributed by atoms with van der Waals surface area (Å²) in [4.78, 5) is 10.9. The van der Waals surface area contributed by atoms with Crippen LogP contribution in [0.5, 0.6) is 11.5 Å². The van der Waals surface area contributed by atoms with Crippen LogP contribution in [0.4, 0.5) is 0 Å². The SMILES string of the molecule is Cc1cc2c(cc1[C@@H]1N[C@H](C(=O)O)CS1)OCO2. The van der Waals surface area contributed by atoms with Crippen molar-refractivity contribution in [1.29, 1.82) is 0 Å². The molecule has 1 aromatic rings. The van der Waals surface area contributed by atoms with Gasteiger partial charge in [0.05, 0.1) is 5.37 Å². The van der Waals surface area contributed by atoms with E-state index in [1.54, 1.807) is 11.8 Å². The number of hydrogen-bond donors (Lipinski definition) is 2. The number of thioether (sulfide) groups is 1. The average molecular weight is 267 g/mol. The fraction of sp³-hybridized carbons (Fsp3) is 0.417. The Morgan fingerprint density at radius 3 is 2.83 bits per heavy atom. The molecule has 0 amide bonds. The summed E-state index contributed by atoms with van der Waals surface area (Å²) in [5, 5.41) is 12.1. The summed E-state index contributed by atoms with van der Waals surface area (Å²) in [5.41, 5.74) is 2.14. The number of ether oxygens (including phenoxy) is 2. The minimum Gasteiger partial charge on any atom is -0.480 e. The average Bonchev–Trinajstić information content (AvgIpc) is 2.94. The number of carbonyl (C=O) groups is 1. The molecule has 0 bridgehead atoms. The highest BCUT2D eigenvalue weighted by Crippen LogP contribution is 2.41. The summed E-state index contributed by atoms with van der Waals surface area (Å²) >= 11 is 1.60.